The Hall–Kier alpha value is -3.16. The molecule has 140 valence electrons. The van der Waals surface area contributed by atoms with Crippen molar-refractivity contribution in [3.63, 3.8) is 0 Å². The third-order valence-electron chi connectivity index (χ3n) is 4.54. The molecule has 8 nitrogen and oxygen atoms in total. The highest BCUT2D eigenvalue weighted by Gasteiger charge is 2.24. The molecule has 1 aliphatic rings. The molecule has 3 aromatic heterocycles. The number of hydrogen-bond donors (Lipinski definition) is 0. The summed E-state index contributed by atoms with van der Waals surface area (Å²) >= 11 is 0. The van der Waals surface area contributed by atoms with E-state index in [1.807, 2.05) is 44.4 Å². The van der Waals surface area contributed by atoms with E-state index in [-0.39, 0.29) is 12.2 Å². The largest absolute Gasteiger partial charge is 0.447 e. The van der Waals surface area contributed by atoms with Crippen molar-refractivity contribution in [3.8, 4) is 11.1 Å². The molecule has 1 amide bonds. The van der Waals surface area contributed by atoms with Gasteiger partial charge in [0.15, 0.2) is 5.65 Å². The van der Waals surface area contributed by atoms with E-state index in [1.54, 1.807) is 21.8 Å². The van der Waals surface area contributed by atoms with Crippen molar-refractivity contribution < 1.29 is 9.53 Å². The van der Waals surface area contributed by atoms with Crippen LogP contribution in [0.3, 0.4) is 0 Å². The van der Waals surface area contributed by atoms with Crippen molar-refractivity contribution in [1.29, 1.82) is 0 Å². The number of rotatable bonds is 3. The van der Waals surface area contributed by atoms with Gasteiger partial charge in [0.1, 0.15) is 5.82 Å². The van der Waals surface area contributed by atoms with Gasteiger partial charge in [0, 0.05) is 50.3 Å². The fourth-order valence-corrected chi connectivity index (χ4v) is 3.16. The first-order chi connectivity index (χ1) is 13.1. The molecule has 0 atom stereocenters. The highest BCUT2D eigenvalue weighted by atomic mass is 16.6. The lowest BCUT2D eigenvalue weighted by atomic mass is 10.1. The number of piperazine rings is 1. The Bertz CT molecular complexity index is 932. The lowest BCUT2D eigenvalue weighted by Crippen LogP contribution is -2.49. The molecule has 0 aromatic carbocycles. The second-order valence-corrected chi connectivity index (χ2v) is 6.75. The molecule has 0 spiro atoms. The average molecular weight is 366 g/mol. The van der Waals surface area contributed by atoms with Gasteiger partial charge in [-0.25, -0.2) is 14.3 Å². The minimum atomic E-state index is -0.246. The predicted molar refractivity (Wildman–Crippen MR) is 102 cm³/mol. The minimum Gasteiger partial charge on any atom is -0.447 e. The fourth-order valence-electron chi connectivity index (χ4n) is 3.16. The summed E-state index contributed by atoms with van der Waals surface area (Å²) in [6.07, 6.45) is 6.91. The molecule has 1 saturated heterocycles. The molecule has 4 heterocycles. The van der Waals surface area contributed by atoms with Crippen LogP contribution < -0.4 is 4.90 Å². The zero-order chi connectivity index (χ0) is 18.8. The summed E-state index contributed by atoms with van der Waals surface area (Å²) in [5.41, 5.74) is 2.81. The summed E-state index contributed by atoms with van der Waals surface area (Å²) < 4.78 is 7.05. The Kier molecular flexibility index (Phi) is 4.62. The van der Waals surface area contributed by atoms with E-state index >= 15 is 0 Å². The van der Waals surface area contributed by atoms with Crippen molar-refractivity contribution in [2.45, 2.75) is 20.0 Å². The Morgan fingerprint density at radius 1 is 1.11 bits per heavy atom. The van der Waals surface area contributed by atoms with Gasteiger partial charge in [0.25, 0.3) is 0 Å². The Labute approximate surface area is 157 Å². The van der Waals surface area contributed by atoms with Crippen molar-refractivity contribution in [3.05, 3.63) is 43.0 Å². The summed E-state index contributed by atoms with van der Waals surface area (Å²) in [6, 6.07) is 5.85. The highest BCUT2D eigenvalue weighted by molar-refractivity contribution is 5.77. The summed E-state index contributed by atoms with van der Waals surface area (Å²) in [5, 5.41) is 4.39. The summed E-state index contributed by atoms with van der Waals surface area (Å²) in [6.45, 7) is 6.40. The van der Waals surface area contributed by atoms with Crippen LogP contribution in [0.5, 0.6) is 0 Å². The maximum absolute atomic E-state index is 12.0. The van der Waals surface area contributed by atoms with Crippen LogP contribution in [0.2, 0.25) is 0 Å². The molecule has 0 bridgehead atoms. The van der Waals surface area contributed by atoms with Crippen LogP contribution in [0.4, 0.5) is 10.6 Å². The number of carbonyl (C=O) groups is 1. The van der Waals surface area contributed by atoms with Crippen LogP contribution in [-0.4, -0.2) is 62.9 Å². The third kappa shape index (κ3) is 3.55. The van der Waals surface area contributed by atoms with Gasteiger partial charge in [-0.15, -0.1) is 0 Å². The number of aromatic nitrogens is 4. The quantitative estimate of drug-likeness (QED) is 0.709. The van der Waals surface area contributed by atoms with Crippen molar-refractivity contribution in [2.75, 3.05) is 31.1 Å². The van der Waals surface area contributed by atoms with E-state index in [4.69, 9.17) is 9.72 Å². The van der Waals surface area contributed by atoms with Crippen LogP contribution in [0.15, 0.2) is 43.0 Å². The lowest BCUT2D eigenvalue weighted by molar-refractivity contribution is 0.0751. The molecule has 0 unspecified atom stereocenters. The van der Waals surface area contributed by atoms with Crippen molar-refractivity contribution in [2.24, 2.45) is 0 Å². The molecule has 0 saturated carbocycles. The zero-order valence-electron chi connectivity index (χ0n) is 15.4. The fraction of sp³-hybridized carbons (Fsp3) is 0.368. The second-order valence-electron chi connectivity index (χ2n) is 6.75. The van der Waals surface area contributed by atoms with Gasteiger partial charge in [-0.2, -0.15) is 5.10 Å². The monoisotopic (exact) mass is 366 g/mol. The van der Waals surface area contributed by atoms with Crippen LogP contribution >= 0.6 is 0 Å². The van der Waals surface area contributed by atoms with Gasteiger partial charge in [-0.05, 0) is 37.6 Å². The van der Waals surface area contributed by atoms with E-state index in [1.165, 1.54) is 0 Å². The van der Waals surface area contributed by atoms with Crippen LogP contribution in [-0.2, 0) is 4.74 Å². The smallest absolute Gasteiger partial charge is 0.410 e. The minimum absolute atomic E-state index is 0.104. The van der Waals surface area contributed by atoms with E-state index in [0.717, 1.165) is 35.7 Å². The maximum atomic E-state index is 12.0. The van der Waals surface area contributed by atoms with E-state index < -0.39 is 0 Å². The van der Waals surface area contributed by atoms with Crippen LogP contribution in [0.1, 0.15) is 13.8 Å². The molecule has 0 N–H and O–H groups in total. The number of ether oxygens (including phenoxy) is 1. The molecule has 3 aromatic rings. The molecular formula is C19H22N6O2. The Balaban J connectivity index is 1.53. The zero-order valence-corrected chi connectivity index (χ0v) is 15.4. The van der Waals surface area contributed by atoms with Gasteiger partial charge < -0.3 is 14.5 Å². The molecule has 0 radical (unpaired) electrons. The highest BCUT2D eigenvalue weighted by Crippen LogP contribution is 2.24. The molecule has 27 heavy (non-hydrogen) atoms. The number of amides is 1. The van der Waals surface area contributed by atoms with E-state index in [2.05, 4.69) is 15.0 Å². The molecule has 1 fully saturated rings. The summed E-state index contributed by atoms with van der Waals surface area (Å²) in [4.78, 5) is 24.9. The van der Waals surface area contributed by atoms with Gasteiger partial charge in [0.2, 0.25) is 0 Å². The average Bonchev–Trinajstić information content (AvgIpc) is 3.11. The van der Waals surface area contributed by atoms with Gasteiger partial charge >= 0.3 is 6.09 Å². The molecule has 0 aliphatic carbocycles. The number of carbonyl (C=O) groups excluding carboxylic acids is 1. The second kappa shape index (κ2) is 7.22. The number of anilines is 1. The lowest BCUT2D eigenvalue weighted by Gasteiger charge is -2.35. The topological polar surface area (TPSA) is 75.9 Å². The standard InChI is InChI=1S/C19H22N6O2/c1-14(2)27-19(26)24-11-9-23(10-12-24)17-5-8-25-18(22-17)16(13-21-25)15-3-6-20-7-4-15/h3-8,13-14H,9-12H2,1-2H3. The summed E-state index contributed by atoms with van der Waals surface area (Å²) in [5.74, 6) is 0.884. The van der Waals surface area contributed by atoms with Crippen LogP contribution in [0, 0.1) is 0 Å². The van der Waals surface area contributed by atoms with E-state index in [9.17, 15) is 4.79 Å². The van der Waals surface area contributed by atoms with Gasteiger partial charge in [0.05, 0.1) is 12.3 Å². The molecule has 8 heteroatoms. The van der Waals surface area contributed by atoms with Crippen LogP contribution in [0.25, 0.3) is 16.8 Å². The van der Waals surface area contributed by atoms with E-state index in [0.29, 0.717) is 13.1 Å². The predicted octanol–water partition coefficient (Wildman–Crippen LogP) is 2.46. The number of fused-ring (bicyclic) bond motifs is 1. The first kappa shape index (κ1) is 17.3. The molecule has 1 aliphatic heterocycles. The maximum Gasteiger partial charge on any atom is 0.410 e. The first-order valence-electron chi connectivity index (χ1n) is 9.07. The Morgan fingerprint density at radius 3 is 2.56 bits per heavy atom. The number of nitrogens with zero attached hydrogens (tertiary/aromatic N) is 6. The van der Waals surface area contributed by atoms with Crippen molar-refractivity contribution in [1.82, 2.24) is 24.5 Å². The normalized spacial score (nSPS) is 14.8. The van der Waals surface area contributed by atoms with Gasteiger partial charge in [-0.1, -0.05) is 0 Å². The van der Waals surface area contributed by atoms with Gasteiger partial charge in [-0.3, -0.25) is 4.98 Å². The molecule has 4 rings (SSSR count). The Morgan fingerprint density at radius 2 is 1.85 bits per heavy atom. The molecular weight excluding hydrogens is 344 g/mol. The summed E-state index contributed by atoms with van der Waals surface area (Å²) in [7, 11) is 0. The number of pyridine rings is 1. The first-order valence-corrected chi connectivity index (χ1v) is 9.07. The van der Waals surface area contributed by atoms with Crippen molar-refractivity contribution >= 4 is 17.6 Å². The third-order valence-corrected chi connectivity index (χ3v) is 4.54. The number of hydrogen-bond acceptors (Lipinski definition) is 6. The SMILES string of the molecule is CC(C)OC(=O)N1CCN(c2ccn3ncc(-c4ccncc4)c3n2)CC1.